The summed E-state index contributed by atoms with van der Waals surface area (Å²) in [6.07, 6.45) is 0.598. The van der Waals surface area contributed by atoms with Crippen molar-refractivity contribution in [3.05, 3.63) is 76.7 Å². The molecule has 3 aromatic rings. The molecule has 1 saturated heterocycles. The molecule has 8 heteroatoms. The van der Waals surface area contributed by atoms with E-state index < -0.39 is 0 Å². The first-order valence-corrected chi connectivity index (χ1v) is 11.4. The van der Waals surface area contributed by atoms with Crippen LogP contribution in [0.5, 0.6) is 5.75 Å². The van der Waals surface area contributed by atoms with Crippen molar-refractivity contribution in [2.75, 3.05) is 31.6 Å². The van der Waals surface area contributed by atoms with Crippen LogP contribution in [-0.4, -0.2) is 48.2 Å². The third-order valence-electron chi connectivity index (χ3n) is 5.81. The molecule has 2 amide bonds. The first kappa shape index (κ1) is 23.5. The number of ether oxygens (including phenoxy) is 2. The zero-order valence-corrected chi connectivity index (χ0v) is 19.5. The van der Waals surface area contributed by atoms with Crippen LogP contribution in [-0.2, 0) is 33.8 Å². The Morgan fingerprint density at radius 1 is 0.971 bits per heavy atom. The number of hydrogen-bond donors (Lipinski definition) is 1. The molecule has 1 fully saturated rings. The molecule has 34 heavy (non-hydrogen) atoms. The molecule has 0 saturated carbocycles. The Morgan fingerprint density at radius 2 is 1.62 bits per heavy atom. The van der Waals surface area contributed by atoms with Crippen LogP contribution in [0, 0.1) is 13.8 Å². The number of amides is 2. The number of anilines is 1. The normalized spacial score (nSPS) is 13.5. The smallest absolute Gasteiger partial charge is 0.228 e. The summed E-state index contributed by atoms with van der Waals surface area (Å²) in [5.41, 5.74) is 4.27. The zero-order valence-electron chi connectivity index (χ0n) is 19.5. The van der Waals surface area contributed by atoms with Crippen LogP contribution in [0.15, 0.2) is 53.1 Å². The maximum absolute atomic E-state index is 12.5. The highest BCUT2D eigenvalue weighted by Gasteiger charge is 2.17. The molecule has 2 aromatic carbocycles. The first-order chi connectivity index (χ1) is 16.5. The van der Waals surface area contributed by atoms with E-state index in [1.165, 1.54) is 0 Å². The van der Waals surface area contributed by atoms with E-state index in [2.05, 4.69) is 10.5 Å². The van der Waals surface area contributed by atoms with Gasteiger partial charge in [0, 0.05) is 18.8 Å². The number of nitrogens with one attached hydrogen (secondary N) is 1. The first-order valence-electron chi connectivity index (χ1n) is 11.4. The molecule has 178 valence electrons. The Labute approximate surface area is 198 Å². The molecule has 2 heterocycles. The Balaban J connectivity index is 1.24. The predicted molar refractivity (Wildman–Crippen MR) is 127 cm³/mol. The van der Waals surface area contributed by atoms with Crippen LogP contribution in [0.4, 0.5) is 5.69 Å². The molecule has 0 atom stereocenters. The fraction of sp³-hybridized carbons (Fsp3) is 0.346. The van der Waals surface area contributed by atoms with Crippen molar-refractivity contribution in [2.45, 2.75) is 33.3 Å². The van der Waals surface area contributed by atoms with Crippen LogP contribution in [0.1, 0.15) is 28.1 Å². The Hall–Kier alpha value is -3.65. The van der Waals surface area contributed by atoms with Crippen LogP contribution in [0.3, 0.4) is 0 Å². The van der Waals surface area contributed by atoms with Crippen molar-refractivity contribution in [1.29, 1.82) is 0 Å². The summed E-state index contributed by atoms with van der Waals surface area (Å²) < 4.78 is 16.2. The van der Waals surface area contributed by atoms with Gasteiger partial charge in [-0.15, -0.1) is 0 Å². The minimum atomic E-state index is -0.110. The predicted octanol–water partition coefficient (Wildman–Crippen LogP) is 3.45. The van der Waals surface area contributed by atoms with Gasteiger partial charge in [0.2, 0.25) is 11.8 Å². The van der Waals surface area contributed by atoms with Gasteiger partial charge in [0.25, 0.3) is 0 Å². The lowest BCUT2D eigenvalue weighted by molar-refractivity contribution is -0.134. The summed E-state index contributed by atoms with van der Waals surface area (Å²) >= 11 is 0. The summed E-state index contributed by atoms with van der Waals surface area (Å²) in [4.78, 5) is 26.7. The number of morpholine rings is 1. The summed E-state index contributed by atoms with van der Waals surface area (Å²) in [6, 6.07) is 14.8. The van der Waals surface area contributed by atoms with Gasteiger partial charge in [-0.25, -0.2) is 0 Å². The minimum Gasteiger partial charge on any atom is -0.489 e. The second kappa shape index (κ2) is 11.0. The van der Waals surface area contributed by atoms with Gasteiger partial charge in [0.05, 0.1) is 37.3 Å². The van der Waals surface area contributed by atoms with Gasteiger partial charge in [0.15, 0.2) is 0 Å². The molecule has 8 nitrogen and oxygen atoms in total. The fourth-order valence-electron chi connectivity index (χ4n) is 3.76. The van der Waals surface area contributed by atoms with E-state index in [-0.39, 0.29) is 18.2 Å². The minimum absolute atomic E-state index is 0.0965. The van der Waals surface area contributed by atoms with Crippen LogP contribution in [0.2, 0.25) is 0 Å². The highest BCUT2D eigenvalue weighted by atomic mass is 16.5. The quantitative estimate of drug-likeness (QED) is 0.550. The molecule has 0 aliphatic carbocycles. The van der Waals surface area contributed by atoms with E-state index in [1.807, 2.05) is 67.3 Å². The summed E-state index contributed by atoms with van der Waals surface area (Å²) in [5, 5.41) is 6.83. The number of nitrogens with zero attached hydrogens (tertiary/aromatic N) is 2. The lowest BCUT2D eigenvalue weighted by Crippen LogP contribution is -2.41. The average Bonchev–Trinajstić information content (AvgIpc) is 3.17. The largest absolute Gasteiger partial charge is 0.489 e. The number of carbonyl (C=O) groups excluding carboxylic acids is 2. The summed E-state index contributed by atoms with van der Waals surface area (Å²) in [5.74, 6) is 1.45. The molecule has 0 radical (unpaired) electrons. The van der Waals surface area contributed by atoms with Gasteiger partial charge >= 0.3 is 0 Å². The summed E-state index contributed by atoms with van der Waals surface area (Å²) in [7, 11) is 0. The van der Waals surface area contributed by atoms with Gasteiger partial charge in [-0.05, 0) is 49.2 Å². The number of hydrogen-bond acceptors (Lipinski definition) is 6. The van der Waals surface area contributed by atoms with E-state index in [9.17, 15) is 9.59 Å². The standard InChI is InChI=1S/C26H29N3O5/c1-18-24(19(2)34-28-18)17-33-23-9-5-20(6-10-23)15-25(30)27-22-7-3-21(4-8-22)16-26(31)29-11-13-32-14-12-29/h3-10H,11-17H2,1-2H3,(H,27,30). The van der Waals surface area contributed by atoms with E-state index in [1.54, 1.807) is 0 Å². The lowest BCUT2D eigenvalue weighted by Gasteiger charge is -2.26. The molecule has 4 rings (SSSR count). The molecule has 0 spiro atoms. The van der Waals surface area contributed by atoms with Gasteiger partial charge < -0.3 is 24.2 Å². The Kier molecular flexibility index (Phi) is 7.59. The maximum Gasteiger partial charge on any atom is 0.228 e. The molecule has 0 bridgehead atoms. The fourth-order valence-corrected chi connectivity index (χ4v) is 3.76. The maximum atomic E-state index is 12.5. The van der Waals surface area contributed by atoms with Gasteiger partial charge in [-0.1, -0.05) is 29.4 Å². The third kappa shape index (κ3) is 6.23. The van der Waals surface area contributed by atoms with Crippen molar-refractivity contribution in [3.8, 4) is 5.75 Å². The van der Waals surface area contributed by atoms with Crippen molar-refractivity contribution in [2.24, 2.45) is 0 Å². The van der Waals surface area contributed by atoms with Crippen molar-refractivity contribution in [1.82, 2.24) is 10.1 Å². The number of rotatable bonds is 8. The number of aromatic nitrogens is 1. The van der Waals surface area contributed by atoms with E-state index in [0.29, 0.717) is 50.8 Å². The second-order valence-electron chi connectivity index (χ2n) is 8.33. The number of aryl methyl sites for hydroxylation is 2. The van der Waals surface area contributed by atoms with Gasteiger partial charge in [-0.3, -0.25) is 9.59 Å². The average molecular weight is 464 g/mol. The Bertz CT molecular complexity index is 1100. The van der Waals surface area contributed by atoms with E-state index in [0.717, 1.165) is 28.1 Å². The highest BCUT2D eigenvalue weighted by molar-refractivity contribution is 5.92. The van der Waals surface area contributed by atoms with E-state index in [4.69, 9.17) is 14.0 Å². The lowest BCUT2D eigenvalue weighted by atomic mass is 10.1. The molecule has 1 aliphatic rings. The van der Waals surface area contributed by atoms with Crippen LogP contribution in [0.25, 0.3) is 0 Å². The molecular formula is C26H29N3O5. The van der Waals surface area contributed by atoms with Gasteiger partial charge in [0.1, 0.15) is 18.1 Å². The third-order valence-corrected chi connectivity index (χ3v) is 5.81. The topological polar surface area (TPSA) is 93.9 Å². The molecule has 1 N–H and O–H groups in total. The summed E-state index contributed by atoms with van der Waals surface area (Å²) in [6.45, 7) is 6.59. The number of carbonyl (C=O) groups is 2. The molecule has 1 aromatic heterocycles. The number of benzene rings is 2. The van der Waals surface area contributed by atoms with Crippen LogP contribution >= 0.6 is 0 Å². The monoisotopic (exact) mass is 463 g/mol. The highest BCUT2D eigenvalue weighted by Crippen LogP contribution is 2.19. The SMILES string of the molecule is Cc1noc(C)c1COc1ccc(CC(=O)Nc2ccc(CC(=O)N3CCOCC3)cc2)cc1. The zero-order chi connectivity index (χ0) is 23.9. The van der Waals surface area contributed by atoms with Crippen LogP contribution < -0.4 is 10.1 Å². The van der Waals surface area contributed by atoms with Crippen molar-refractivity contribution >= 4 is 17.5 Å². The van der Waals surface area contributed by atoms with Crippen molar-refractivity contribution < 1.29 is 23.6 Å². The second-order valence-corrected chi connectivity index (χ2v) is 8.33. The Morgan fingerprint density at radius 3 is 2.26 bits per heavy atom. The molecular weight excluding hydrogens is 434 g/mol. The molecule has 1 aliphatic heterocycles. The van der Waals surface area contributed by atoms with Gasteiger partial charge in [-0.2, -0.15) is 0 Å². The van der Waals surface area contributed by atoms with E-state index >= 15 is 0 Å². The molecule has 0 unspecified atom stereocenters. The van der Waals surface area contributed by atoms with Crippen molar-refractivity contribution in [3.63, 3.8) is 0 Å².